The van der Waals surface area contributed by atoms with E-state index in [4.69, 9.17) is 17.3 Å². The van der Waals surface area contributed by atoms with E-state index >= 15 is 0 Å². The Balaban J connectivity index is 0.00000162. The summed E-state index contributed by atoms with van der Waals surface area (Å²) in [5, 5.41) is 1.10. The molecule has 2 N–H and O–H groups in total. The first-order chi connectivity index (χ1) is 8.13. The molecule has 6 heteroatoms. The Bertz CT molecular complexity index is 575. The topological polar surface area (TPSA) is 65.2 Å². The van der Waals surface area contributed by atoms with Crippen molar-refractivity contribution >= 4 is 40.9 Å². The summed E-state index contributed by atoms with van der Waals surface area (Å²) in [5.74, 6) is -0.538. The van der Waals surface area contributed by atoms with E-state index in [2.05, 4.69) is 9.72 Å². The van der Waals surface area contributed by atoms with Crippen LogP contribution in [0.15, 0.2) is 30.3 Å². The average molecular weight is 287 g/mol. The van der Waals surface area contributed by atoms with Gasteiger partial charge in [-0.3, -0.25) is 4.79 Å². The van der Waals surface area contributed by atoms with Crippen molar-refractivity contribution in [3.8, 4) is 0 Å². The summed E-state index contributed by atoms with van der Waals surface area (Å²) in [4.78, 5) is 15.6. The molecule has 1 heterocycles. The highest BCUT2D eigenvalue weighted by Gasteiger charge is 2.20. The van der Waals surface area contributed by atoms with Gasteiger partial charge in [0.05, 0.1) is 12.6 Å². The quantitative estimate of drug-likeness (QED) is 0.680. The van der Waals surface area contributed by atoms with Crippen LogP contribution in [0.3, 0.4) is 0 Å². The first kappa shape index (κ1) is 14.7. The molecule has 0 aliphatic heterocycles. The molecule has 0 unspecified atom stereocenters. The van der Waals surface area contributed by atoms with Crippen LogP contribution in [-0.2, 0) is 9.53 Å². The van der Waals surface area contributed by atoms with E-state index in [1.54, 1.807) is 6.07 Å². The second-order valence-corrected chi connectivity index (χ2v) is 3.92. The van der Waals surface area contributed by atoms with Crippen LogP contribution in [-0.4, -0.2) is 18.1 Å². The largest absolute Gasteiger partial charge is 0.468 e. The number of hydrogen-bond acceptors (Lipinski definition) is 4. The molecule has 96 valence electrons. The van der Waals surface area contributed by atoms with Crippen molar-refractivity contribution in [1.29, 1.82) is 0 Å². The first-order valence-electron chi connectivity index (χ1n) is 5.02. The summed E-state index contributed by atoms with van der Waals surface area (Å²) in [5.41, 5.74) is 6.97. The molecule has 2 aromatic rings. The number of ether oxygens (including phenoxy) is 1. The van der Waals surface area contributed by atoms with Crippen LogP contribution < -0.4 is 5.73 Å². The third kappa shape index (κ3) is 2.72. The zero-order valence-corrected chi connectivity index (χ0v) is 11.2. The Hall–Kier alpha value is -1.36. The number of methoxy groups -OCH3 is 1. The summed E-state index contributed by atoms with van der Waals surface area (Å²) < 4.78 is 4.58. The number of carbonyl (C=O) groups is 1. The highest BCUT2D eigenvalue weighted by atomic mass is 35.5. The fourth-order valence-corrected chi connectivity index (χ4v) is 1.84. The molecule has 0 spiro atoms. The molecule has 1 aromatic carbocycles. The maximum Gasteiger partial charge on any atom is 0.327 e. The van der Waals surface area contributed by atoms with E-state index in [-0.39, 0.29) is 17.6 Å². The summed E-state index contributed by atoms with van der Waals surface area (Å²) >= 11 is 6.00. The third-order valence-electron chi connectivity index (χ3n) is 2.49. The average Bonchev–Trinajstić information content (AvgIpc) is 2.36. The number of para-hydroxylation sites is 1. The van der Waals surface area contributed by atoms with Crippen molar-refractivity contribution in [2.75, 3.05) is 7.11 Å². The number of fused-ring (bicyclic) bond motifs is 1. The number of aromatic nitrogens is 1. The lowest BCUT2D eigenvalue weighted by Gasteiger charge is -2.11. The number of carbonyl (C=O) groups excluding carboxylic acids is 1. The molecule has 0 fully saturated rings. The van der Waals surface area contributed by atoms with Crippen LogP contribution in [0, 0.1) is 0 Å². The molecule has 0 saturated heterocycles. The fourth-order valence-electron chi connectivity index (χ4n) is 1.58. The van der Waals surface area contributed by atoms with Gasteiger partial charge in [0.25, 0.3) is 0 Å². The normalized spacial score (nSPS) is 11.7. The zero-order chi connectivity index (χ0) is 12.4. The van der Waals surface area contributed by atoms with Gasteiger partial charge < -0.3 is 10.5 Å². The zero-order valence-electron chi connectivity index (χ0n) is 9.59. The molecule has 0 amide bonds. The molecule has 0 bridgehead atoms. The van der Waals surface area contributed by atoms with Crippen molar-refractivity contribution in [2.24, 2.45) is 5.73 Å². The second-order valence-electron chi connectivity index (χ2n) is 3.56. The lowest BCUT2D eigenvalue weighted by Crippen LogP contribution is -2.23. The van der Waals surface area contributed by atoms with Gasteiger partial charge in [0.1, 0.15) is 11.2 Å². The van der Waals surface area contributed by atoms with E-state index in [0.717, 1.165) is 10.9 Å². The van der Waals surface area contributed by atoms with Gasteiger partial charge >= 0.3 is 5.97 Å². The molecule has 2 rings (SSSR count). The molecule has 0 saturated carbocycles. The van der Waals surface area contributed by atoms with E-state index < -0.39 is 12.0 Å². The van der Waals surface area contributed by atoms with Crippen LogP contribution in [0.4, 0.5) is 0 Å². The molecular formula is C12H12Cl2N2O2. The van der Waals surface area contributed by atoms with Crippen molar-refractivity contribution in [1.82, 2.24) is 4.98 Å². The van der Waals surface area contributed by atoms with Gasteiger partial charge in [0.15, 0.2) is 0 Å². The molecule has 4 nitrogen and oxygen atoms in total. The number of hydrogen-bond donors (Lipinski definition) is 1. The molecule has 1 atom stereocenters. The molecule has 0 aliphatic carbocycles. The Labute approximate surface area is 115 Å². The number of rotatable bonds is 2. The number of halogens is 2. The van der Waals surface area contributed by atoms with Gasteiger partial charge in [-0.05, 0) is 12.1 Å². The van der Waals surface area contributed by atoms with Crippen LogP contribution in [0.2, 0.25) is 5.15 Å². The molecule has 1 aromatic heterocycles. The number of nitrogens with zero attached hydrogens (tertiary/aromatic N) is 1. The van der Waals surface area contributed by atoms with Gasteiger partial charge in [-0.1, -0.05) is 29.8 Å². The molecule has 0 aliphatic rings. The number of nitrogens with two attached hydrogens (primary N) is 1. The predicted octanol–water partition coefficient (Wildman–Crippen LogP) is 2.48. The fraction of sp³-hybridized carbons (Fsp3) is 0.167. The van der Waals surface area contributed by atoms with Gasteiger partial charge in [0.2, 0.25) is 0 Å². The van der Waals surface area contributed by atoms with Crippen LogP contribution in [0.25, 0.3) is 10.9 Å². The lowest BCUT2D eigenvalue weighted by atomic mass is 10.1. The maximum atomic E-state index is 11.4. The van der Waals surface area contributed by atoms with E-state index in [0.29, 0.717) is 5.56 Å². The Morgan fingerprint density at radius 1 is 1.44 bits per heavy atom. The van der Waals surface area contributed by atoms with Crippen molar-refractivity contribution in [2.45, 2.75) is 6.04 Å². The smallest absolute Gasteiger partial charge is 0.327 e. The minimum Gasteiger partial charge on any atom is -0.468 e. The van der Waals surface area contributed by atoms with Gasteiger partial charge in [-0.2, -0.15) is 0 Å². The predicted molar refractivity (Wildman–Crippen MR) is 72.9 cm³/mol. The van der Waals surface area contributed by atoms with Gasteiger partial charge in [-0.25, -0.2) is 4.98 Å². The lowest BCUT2D eigenvalue weighted by molar-refractivity contribution is -0.142. The van der Waals surface area contributed by atoms with Crippen molar-refractivity contribution < 1.29 is 9.53 Å². The SMILES string of the molecule is COC(=O)[C@H](N)c1cc2ccccc2nc1Cl.Cl. The van der Waals surface area contributed by atoms with Crippen LogP contribution in [0.1, 0.15) is 11.6 Å². The molecule has 0 radical (unpaired) electrons. The van der Waals surface area contributed by atoms with Crippen molar-refractivity contribution in [3.63, 3.8) is 0 Å². The molecule has 18 heavy (non-hydrogen) atoms. The minimum atomic E-state index is -0.912. The summed E-state index contributed by atoms with van der Waals surface area (Å²) in [6.07, 6.45) is 0. The van der Waals surface area contributed by atoms with Crippen LogP contribution >= 0.6 is 24.0 Å². The number of esters is 1. The van der Waals surface area contributed by atoms with E-state index in [1.165, 1.54) is 7.11 Å². The highest BCUT2D eigenvalue weighted by Crippen LogP contribution is 2.25. The summed E-state index contributed by atoms with van der Waals surface area (Å²) in [6, 6.07) is 8.31. The monoisotopic (exact) mass is 286 g/mol. The Morgan fingerprint density at radius 2 is 2.11 bits per heavy atom. The number of benzene rings is 1. The Kier molecular flexibility index (Phi) is 4.90. The summed E-state index contributed by atoms with van der Waals surface area (Å²) in [7, 11) is 1.28. The molecular weight excluding hydrogens is 275 g/mol. The highest BCUT2D eigenvalue weighted by molar-refractivity contribution is 6.30. The summed E-state index contributed by atoms with van der Waals surface area (Å²) in [6.45, 7) is 0. The van der Waals surface area contributed by atoms with Crippen LogP contribution in [0.5, 0.6) is 0 Å². The van der Waals surface area contributed by atoms with Gasteiger partial charge in [-0.15, -0.1) is 12.4 Å². The Morgan fingerprint density at radius 3 is 2.78 bits per heavy atom. The van der Waals surface area contributed by atoms with E-state index in [1.807, 2.05) is 24.3 Å². The van der Waals surface area contributed by atoms with Gasteiger partial charge in [0, 0.05) is 10.9 Å². The standard InChI is InChI=1S/C12H11ClN2O2.ClH/c1-17-12(16)10(14)8-6-7-4-2-3-5-9(7)15-11(8)13;/h2-6,10H,14H2,1H3;1H/t10-;/m1./s1. The van der Waals surface area contributed by atoms with E-state index in [9.17, 15) is 4.79 Å². The first-order valence-corrected chi connectivity index (χ1v) is 5.40. The minimum absolute atomic E-state index is 0. The number of pyridine rings is 1. The van der Waals surface area contributed by atoms with Crippen molar-refractivity contribution in [3.05, 3.63) is 41.0 Å². The third-order valence-corrected chi connectivity index (χ3v) is 2.80. The maximum absolute atomic E-state index is 11.4. The second kappa shape index (κ2) is 6.00.